The second kappa shape index (κ2) is 5.44. The number of carbonyl (C=O) groups is 1. The molecule has 2 heterocycles. The molecule has 2 amide bonds. The highest BCUT2D eigenvalue weighted by atomic mass is 16.2. The second-order valence-corrected chi connectivity index (χ2v) is 5.22. The number of carbonyl (C=O) groups excluding carboxylic acids is 1. The monoisotopic (exact) mass is 282 g/mol. The Bertz CT molecular complexity index is 654. The van der Waals surface area contributed by atoms with Crippen LogP contribution in [0.15, 0.2) is 42.6 Å². The van der Waals surface area contributed by atoms with E-state index in [-0.39, 0.29) is 6.03 Å². The summed E-state index contributed by atoms with van der Waals surface area (Å²) in [7, 11) is 1.99. The van der Waals surface area contributed by atoms with E-state index in [9.17, 15) is 4.79 Å². The van der Waals surface area contributed by atoms with E-state index in [1.165, 1.54) is 5.56 Å². The zero-order valence-electron chi connectivity index (χ0n) is 12.2. The molecule has 1 aliphatic rings. The van der Waals surface area contributed by atoms with Gasteiger partial charge in [-0.25, -0.2) is 9.78 Å². The van der Waals surface area contributed by atoms with Gasteiger partial charge in [-0.05, 0) is 31.2 Å². The van der Waals surface area contributed by atoms with Crippen LogP contribution in [-0.4, -0.2) is 31.2 Å². The third-order valence-electron chi connectivity index (χ3n) is 3.63. The summed E-state index contributed by atoms with van der Waals surface area (Å²) in [5, 5.41) is 2.94. The van der Waals surface area contributed by atoms with E-state index in [4.69, 9.17) is 0 Å². The molecule has 5 heteroatoms. The quantitative estimate of drug-likeness (QED) is 0.875. The summed E-state index contributed by atoms with van der Waals surface area (Å²) < 4.78 is 0. The number of hydrogen-bond donors (Lipinski definition) is 1. The molecule has 1 aromatic heterocycles. The van der Waals surface area contributed by atoms with Gasteiger partial charge in [0.05, 0.1) is 5.69 Å². The maximum atomic E-state index is 12.5. The van der Waals surface area contributed by atoms with Crippen LogP contribution in [0.5, 0.6) is 0 Å². The Morgan fingerprint density at radius 2 is 1.95 bits per heavy atom. The average molecular weight is 282 g/mol. The summed E-state index contributed by atoms with van der Waals surface area (Å²) in [6.45, 7) is 3.44. The van der Waals surface area contributed by atoms with Gasteiger partial charge in [0.25, 0.3) is 0 Å². The Morgan fingerprint density at radius 1 is 1.19 bits per heavy atom. The number of nitrogens with one attached hydrogen (secondary N) is 1. The van der Waals surface area contributed by atoms with Crippen molar-refractivity contribution in [2.45, 2.75) is 6.92 Å². The van der Waals surface area contributed by atoms with Crippen molar-refractivity contribution in [3.63, 3.8) is 0 Å². The first-order chi connectivity index (χ1) is 10.1. The van der Waals surface area contributed by atoms with Crippen LogP contribution in [0.2, 0.25) is 0 Å². The number of urea groups is 1. The summed E-state index contributed by atoms with van der Waals surface area (Å²) in [5.74, 6) is 0.836. The van der Waals surface area contributed by atoms with E-state index in [0.29, 0.717) is 6.54 Å². The highest BCUT2D eigenvalue weighted by Gasteiger charge is 2.25. The number of aromatic nitrogens is 1. The number of pyridine rings is 1. The van der Waals surface area contributed by atoms with E-state index >= 15 is 0 Å². The lowest BCUT2D eigenvalue weighted by molar-refractivity contribution is 0.257. The van der Waals surface area contributed by atoms with Gasteiger partial charge in [0.15, 0.2) is 5.82 Å². The van der Waals surface area contributed by atoms with Crippen LogP contribution in [0, 0.1) is 6.92 Å². The number of nitrogens with zero attached hydrogens (tertiary/aromatic N) is 3. The Morgan fingerprint density at radius 3 is 2.71 bits per heavy atom. The van der Waals surface area contributed by atoms with Gasteiger partial charge in [-0.3, -0.25) is 4.90 Å². The van der Waals surface area contributed by atoms with Crippen LogP contribution >= 0.6 is 0 Å². The van der Waals surface area contributed by atoms with Gasteiger partial charge in [0.2, 0.25) is 0 Å². The van der Waals surface area contributed by atoms with Crippen molar-refractivity contribution in [2.24, 2.45) is 0 Å². The normalized spacial score (nSPS) is 13.8. The van der Waals surface area contributed by atoms with Crippen molar-refractivity contribution in [2.75, 3.05) is 35.3 Å². The average Bonchev–Trinajstić information content (AvgIpc) is 2.50. The SMILES string of the molecule is Cc1ccc(NC(=O)N2CCN(C)c3ncccc32)cc1. The van der Waals surface area contributed by atoms with Gasteiger partial charge in [-0.2, -0.15) is 0 Å². The lowest BCUT2D eigenvalue weighted by Gasteiger charge is -2.34. The van der Waals surface area contributed by atoms with E-state index in [0.717, 1.165) is 23.7 Å². The standard InChI is InChI=1S/C16H18N4O/c1-12-5-7-13(8-6-12)18-16(21)20-11-10-19(2)15-14(20)4-3-9-17-15/h3-9H,10-11H2,1-2H3,(H,18,21). The Labute approximate surface area is 124 Å². The van der Waals surface area contributed by atoms with Crippen LogP contribution in [0.25, 0.3) is 0 Å². The Kier molecular flexibility index (Phi) is 3.48. The number of benzene rings is 1. The summed E-state index contributed by atoms with van der Waals surface area (Å²) in [6, 6.07) is 11.4. The van der Waals surface area contributed by atoms with Gasteiger partial charge in [0, 0.05) is 32.0 Å². The fraction of sp³-hybridized carbons (Fsp3) is 0.250. The highest BCUT2D eigenvalue weighted by Crippen LogP contribution is 2.29. The molecule has 0 radical (unpaired) electrons. The number of fused-ring (bicyclic) bond motifs is 1. The van der Waals surface area contributed by atoms with Gasteiger partial charge >= 0.3 is 6.03 Å². The van der Waals surface area contributed by atoms with Gasteiger partial charge in [-0.1, -0.05) is 17.7 Å². The fourth-order valence-corrected chi connectivity index (χ4v) is 2.41. The minimum absolute atomic E-state index is 0.124. The third-order valence-corrected chi connectivity index (χ3v) is 3.63. The van der Waals surface area contributed by atoms with Crippen LogP contribution in [-0.2, 0) is 0 Å². The molecule has 0 saturated carbocycles. The van der Waals surface area contributed by atoms with Crippen LogP contribution in [0.3, 0.4) is 0 Å². The summed E-state index contributed by atoms with van der Waals surface area (Å²) in [5.41, 5.74) is 2.81. The molecule has 0 spiro atoms. The van der Waals surface area contributed by atoms with Crippen molar-refractivity contribution in [1.82, 2.24) is 4.98 Å². The largest absolute Gasteiger partial charge is 0.356 e. The van der Waals surface area contributed by atoms with Crippen LogP contribution in [0.1, 0.15) is 5.56 Å². The molecule has 0 atom stereocenters. The molecular formula is C16H18N4O. The molecule has 3 rings (SSSR count). The minimum Gasteiger partial charge on any atom is -0.356 e. The van der Waals surface area contributed by atoms with Crippen molar-refractivity contribution in [3.05, 3.63) is 48.2 Å². The number of amides is 2. The molecule has 0 unspecified atom stereocenters. The van der Waals surface area contributed by atoms with E-state index < -0.39 is 0 Å². The maximum absolute atomic E-state index is 12.5. The van der Waals surface area contributed by atoms with Crippen molar-refractivity contribution >= 4 is 23.2 Å². The first-order valence-corrected chi connectivity index (χ1v) is 6.96. The number of hydrogen-bond acceptors (Lipinski definition) is 3. The molecule has 5 nitrogen and oxygen atoms in total. The Balaban J connectivity index is 1.82. The van der Waals surface area contributed by atoms with Crippen LogP contribution in [0.4, 0.5) is 22.0 Å². The molecule has 2 aromatic rings. The molecule has 1 aliphatic heterocycles. The predicted octanol–water partition coefficient (Wildman–Crippen LogP) is 2.88. The molecule has 1 N–H and O–H groups in total. The van der Waals surface area contributed by atoms with Crippen molar-refractivity contribution < 1.29 is 4.79 Å². The van der Waals surface area contributed by atoms with Gasteiger partial charge in [-0.15, -0.1) is 0 Å². The smallest absolute Gasteiger partial charge is 0.326 e. The molecule has 0 saturated heterocycles. The molecule has 1 aromatic carbocycles. The lowest BCUT2D eigenvalue weighted by atomic mass is 10.2. The fourth-order valence-electron chi connectivity index (χ4n) is 2.41. The van der Waals surface area contributed by atoms with Crippen molar-refractivity contribution in [1.29, 1.82) is 0 Å². The number of rotatable bonds is 1. The topological polar surface area (TPSA) is 48.5 Å². The molecule has 108 valence electrons. The zero-order chi connectivity index (χ0) is 14.8. The van der Waals surface area contributed by atoms with E-state index in [1.807, 2.05) is 50.4 Å². The minimum atomic E-state index is -0.124. The number of likely N-dealkylation sites (N-methyl/N-ethyl adjacent to an activating group) is 1. The van der Waals surface area contributed by atoms with Crippen molar-refractivity contribution in [3.8, 4) is 0 Å². The van der Waals surface area contributed by atoms with Gasteiger partial charge in [0.1, 0.15) is 0 Å². The first kappa shape index (κ1) is 13.4. The number of aryl methyl sites for hydroxylation is 1. The molecule has 21 heavy (non-hydrogen) atoms. The first-order valence-electron chi connectivity index (χ1n) is 6.96. The molecule has 0 aliphatic carbocycles. The zero-order valence-corrected chi connectivity index (χ0v) is 12.2. The summed E-state index contributed by atoms with van der Waals surface area (Å²) >= 11 is 0. The highest BCUT2D eigenvalue weighted by molar-refractivity contribution is 6.04. The van der Waals surface area contributed by atoms with E-state index in [1.54, 1.807) is 11.1 Å². The van der Waals surface area contributed by atoms with Crippen LogP contribution < -0.4 is 15.1 Å². The molecule has 0 bridgehead atoms. The Hall–Kier alpha value is -2.56. The lowest BCUT2D eigenvalue weighted by Crippen LogP contribution is -2.45. The predicted molar refractivity (Wildman–Crippen MR) is 85.1 cm³/mol. The maximum Gasteiger partial charge on any atom is 0.326 e. The van der Waals surface area contributed by atoms with E-state index in [2.05, 4.69) is 15.2 Å². The number of anilines is 3. The third kappa shape index (κ3) is 2.67. The molecular weight excluding hydrogens is 264 g/mol. The summed E-state index contributed by atoms with van der Waals surface area (Å²) in [4.78, 5) is 20.6. The molecule has 0 fully saturated rings. The van der Waals surface area contributed by atoms with Gasteiger partial charge < -0.3 is 10.2 Å². The summed E-state index contributed by atoms with van der Waals surface area (Å²) in [6.07, 6.45) is 1.75. The second-order valence-electron chi connectivity index (χ2n) is 5.22.